The number of methoxy groups -OCH3 is 1. The monoisotopic (exact) mass is 281 g/mol. The van der Waals surface area contributed by atoms with Crippen molar-refractivity contribution in [2.45, 2.75) is 12.5 Å². The lowest BCUT2D eigenvalue weighted by Gasteiger charge is -2.11. The quantitative estimate of drug-likeness (QED) is 0.685. The Morgan fingerprint density at radius 2 is 2.06 bits per heavy atom. The average Bonchev–Trinajstić information content (AvgIpc) is 2.23. The van der Waals surface area contributed by atoms with E-state index in [1.54, 1.807) is 6.07 Å². The molecule has 0 radical (unpaired) electrons. The molecular formula is C10H10Cl3NO2. The molecule has 0 aliphatic carbocycles. The van der Waals surface area contributed by atoms with Crippen LogP contribution in [0.5, 0.6) is 0 Å². The zero-order chi connectivity index (χ0) is 12.3. The molecule has 6 heteroatoms. The Morgan fingerprint density at radius 3 is 2.62 bits per heavy atom. The number of ether oxygens (including phenoxy) is 1. The summed E-state index contributed by atoms with van der Waals surface area (Å²) >= 11 is 17.6. The van der Waals surface area contributed by atoms with Gasteiger partial charge in [-0.1, -0.05) is 34.8 Å². The molecule has 2 N–H and O–H groups in total. The van der Waals surface area contributed by atoms with E-state index in [0.29, 0.717) is 20.6 Å². The number of carbonyl (C=O) groups is 1. The maximum absolute atomic E-state index is 11.1. The number of carbonyl (C=O) groups excluding carboxylic acids is 1. The van der Waals surface area contributed by atoms with Gasteiger partial charge >= 0.3 is 5.97 Å². The highest BCUT2D eigenvalue weighted by molar-refractivity contribution is 6.43. The lowest BCUT2D eigenvalue weighted by molar-refractivity contribution is -0.142. The smallest absolute Gasteiger partial charge is 0.322 e. The molecule has 0 unspecified atom stereocenters. The Bertz CT molecular complexity index is 409. The van der Waals surface area contributed by atoms with E-state index >= 15 is 0 Å². The molecular weight excluding hydrogens is 272 g/mol. The van der Waals surface area contributed by atoms with Gasteiger partial charge in [-0.25, -0.2) is 0 Å². The molecule has 0 spiro atoms. The van der Waals surface area contributed by atoms with E-state index in [0.717, 1.165) is 0 Å². The second-order valence-electron chi connectivity index (χ2n) is 3.19. The Hall–Kier alpha value is -0.480. The van der Waals surface area contributed by atoms with Crippen LogP contribution in [-0.2, 0) is 16.0 Å². The van der Waals surface area contributed by atoms with Crippen molar-refractivity contribution in [2.24, 2.45) is 5.73 Å². The number of hydrogen-bond donors (Lipinski definition) is 1. The van der Waals surface area contributed by atoms with Crippen molar-refractivity contribution in [3.8, 4) is 0 Å². The van der Waals surface area contributed by atoms with Crippen LogP contribution in [0.15, 0.2) is 12.1 Å². The Kier molecular flexibility index (Phi) is 4.87. The molecule has 0 aliphatic rings. The van der Waals surface area contributed by atoms with E-state index in [4.69, 9.17) is 40.5 Å². The van der Waals surface area contributed by atoms with Crippen molar-refractivity contribution >= 4 is 40.8 Å². The fraction of sp³-hybridized carbons (Fsp3) is 0.300. The summed E-state index contributed by atoms with van der Waals surface area (Å²) < 4.78 is 4.51. The summed E-state index contributed by atoms with van der Waals surface area (Å²) in [5.74, 6) is -0.507. The van der Waals surface area contributed by atoms with Gasteiger partial charge in [0.05, 0.1) is 17.2 Å². The fourth-order valence-corrected chi connectivity index (χ4v) is 1.95. The number of benzene rings is 1. The fourth-order valence-electron chi connectivity index (χ4n) is 1.23. The van der Waals surface area contributed by atoms with Crippen LogP contribution < -0.4 is 5.73 Å². The van der Waals surface area contributed by atoms with Crippen LogP contribution in [0, 0.1) is 0 Å². The number of rotatable bonds is 3. The van der Waals surface area contributed by atoms with E-state index < -0.39 is 12.0 Å². The van der Waals surface area contributed by atoms with Crippen molar-refractivity contribution < 1.29 is 9.53 Å². The maximum atomic E-state index is 11.1. The third kappa shape index (κ3) is 3.25. The summed E-state index contributed by atoms with van der Waals surface area (Å²) in [5, 5.41) is 1.13. The molecule has 0 saturated carbocycles. The van der Waals surface area contributed by atoms with E-state index in [9.17, 15) is 4.79 Å². The minimum Gasteiger partial charge on any atom is -0.468 e. The summed E-state index contributed by atoms with van der Waals surface area (Å²) in [6.07, 6.45) is 0.228. The first-order chi connectivity index (χ1) is 7.45. The summed E-state index contributed by atoms with van der Waals surface area (Å²) in [4.78, 5) is 11.1. The molecule has 0 amide bonds. The van der Waals surface area contributed by atoms with Crippen LogP contribution in [0.1, 0.15) is 5.56 Å². The molecule has 0 aliphatic heterocycles. The van der Waals surface area contributed by atoms with Crippen LogP contribution in [-0.4, -0.2) is 19.1 Å². The van der Waals surface area contributed by atoms with E-state index in [1.165, 1.54) is 13.2 Å². The highest BCUT2D eigenvalue weighted by atomic mass is 35.5. The normalized spacial score (nSPS) is 12.3. The second-order valence-corrected chi connectivity index (χ2v) is 4.42. The van der Waals surface area contributed by atoms with Gasteiger partial charge in [0, 0.05) is 5.02 Å². The largest absolute Gasteiger partial charge is 0.468 e. The molecule has 1 aromatic rings. The SMILES string of the molecule is COC(=O)[C@@H](N)Cc1cc(Cl)cc(Cl)c1Cl. The first-order valence-corrected chi connectivity index (χ1v) is 5.56. The molecule has 1 aromatic carbocycles. The molecule has 3 nitrogen and oxygen atoms in total. The molecule has 0 aromatic heterocycles. The molecule has 88 valence electrons. The first kappa shape index (κ1) is 13.6. The van der Waals surface area contributed by atoms with Crippen molar-refractivity contribution in [3.63, 3.8) is 0 Å². The van der Waals surface area contributed by atoms with Gasteiger partial charge in [0.15, 0.2) is 0 Å². The van der Waals surface area contributed by atoms with Crippen molar-refractivity contribution in [2.75, 3.05) is 7.11 Å². The molecule has 0 saturated heterocycles. The van der Waals surface area contributed by atoms with Crippen LogP contribution in [0.2, 0.25) is 15.1 Å². The van der Waals surface area contributed by atoms with Gasteiger partial charge in [-0.15, -0.1) is 0 Å². The lowest BCUT2D eigenvalue weighted by Crippen LogP contribution is -2.33. The Labute approximate surface area is 108 Å². The third-order valence-corrected chi connectivity index (χ3v) is 3.07. The molecule has 1 atom stereocenters. The lowest BCUT2D eigenvalue weighted by atomic mass is 10.1. The molecule has 16 heavy (non-hydrogen) atoms. The average molecular weight is 283 g/mol. The minimum atomic E-state index is -0.781. The number of hydrogen-bond acceptors (Lipinski definition) is 3. The second kappa shape index (κ2) is 5.73. The minimum absolute atomic E-state index is 0.228. The predicted molar refractivity (Wildman–Crippen MR) is 65.2 cm³/mol. The first-order valence-electron chi connectivity index (χ1n) is 4.42. The number of esters is 1. The van der Waals surface area contributed by atoms with Crippen LogP contribution in [0.4, 0.5) is 0 Å². The van der Waals surface area contributed by atoms with Crippen LogP contribution in [0.3, 0.4) is 0 Å². The molecule has 0 bridgehead atoms. The van der Waals surface area contributed by atoms with Gasteiger partial charge in [-0.2, -0.15) is 0 Å². The van der Waals surface area contributed by atoms with Gasteiger partial charge in [-0.05, 0) is 24.1 Å². The van der Waals surface area contributed by atoms with E-state index in [2.05, 4.69) is 4.74 Å². The molecule has 1 rings (SSSR count). The number of halogens is 3. The van der Waals surface area contributed by atoms with E-state index in [1.807, 2.05) is 0 Å². The van der Waals surface area contributed by atoms with Crippen molar-refractivity contribution in [1.82, 2.24) is 0 Å². The van der Waals surface area contributed by atoms with Crippen molar-refractivity contribution in [3.05, 3.63) is 32.8 Å². The molecule has 0 fully saturated rings. The molecule has 0 heterocycles. The summed E-state index contributed by atoms with van der Waals surface area (Å²) in [6, 6.07) is 2.37. The summed E-state index contributed by atoms with van der Waals surface area (Å²) in [7, 11) is 1.27. The van der Waals surface area contributed by atoms with Crippen molar-refractivity contribution in [1.29, 1.82) is 0 Å². The van der Waals surface area contributed by atoms with E-state index in [-0.39, 0.29) is 6.42 Å². The highest BCUT2D eigenvalue weighted by Gasteiger charge is 2.17. The van der Waals surface area contributed by atoms with Gasteiger partial charge in [-0.3, -0.25) is 4.79 Å². The van der Waals surface area contributed by atoms with Gasteiger partial charge in [0.25, 0.3) is 0 Å². The van der Waals surface area contributed by atoms with Gasteiger partial charge in [0.1, 0.15) is 6.04 Å². The maximum Gasteiger partial charge on any atom is 0.322 e. The zero-order valence-electron chi connectivity index (χ0n) is 8.47. The highest BCUT2D eigenvalue weighted by Crippen LogP contribution is 2.30. The zero-order valence-corrected chi connectivity index (χ0v) is 10.7. The third-order valence-electron chi connectivity index (χ3n) is 2.01. The van der Waals surface area contributed by atoms with Gasteiger partial charge < -0.3 is 10.5 Å². The summed E-state index contributed by atoms with van der Waals surface area (Å²) in [5.41, 5.74) is 6.23. The topological polar surface area (TPSA) is 52.3 Å². The van der Waals surface area contributed by atoms with Gasteiger partial charge in [0.2, 0.25) is 0 Å². The number of nitrogens with two attached hydrogens (primary N) is 1. The van der Waals surface area contributed by atoms with Crippen LogP contribution >= 0.6 is 34.8 Å². The van der Waals surface area contributed by atoms with Crippen LogP contribution in [0.25, 0.3) is 0 Å². The Morgan fingerprint density at radius 1 is 1.44 bits per heavy atom. The Balaban J connectivity index is 2.93. The summed E-state index contributed by atoms with van der Waals surface area (Å²) in [6.45, 7) is 0. The standard InChI is InChI=1S/C10H10Cl3NO2/c1-16-10(15)8(14)3-5-2-6(11)4-7(12)9(5)13/h2,4,8H,3,14H2,1H3/t8-/m0/s1. The predicted octanol–water partition coefficient (Wildman–Crippen LogP) is 2.69.